The second-order valence-electron chi connectivity index (χ2n) is 7.78. The van der Waals surface area contributed by atoms with Crippen molar-refractivity contribution in [2.75, 3.05) is 26.2 Å². The van der Waals surface area contributed by atoms with Gasteiger partial charge in [0.2, 0.25) is 11.8 Å². The van der Waals surface area contributed by atoms with Gasteiger partial charge in [0.15, 0.2) is 0 Å². The summed E-state index contributed by atoms with van der Waals surface area (Å²) in [5.74, 6) is 0.817. The number of carbonyl (C=O) groups is 2. The van der Waals surface area contributed by atoms with Crippen LogP contribution in [0.5, 0.6) is 0 Å². The number of hydrogen-bond acceptors (Lipinski definition) is 2. The second-order valence-corrected chi connectivity index (χ2v) is 7.78. The van der Waals surface area contributed by atoms with Crippen LogP contribution in [-0.2, 0) is 9.59 Å². The summed E-state index contributed by atoms with van der Waals surface area (Å²) in [4.78, 5) is 28.8. The highest BCUT2D eigenvalue weighted by atomic mass is 16.2. The standard InChI is InChI=1S/C17H30N2O2/c1-17(2,3)13-15(20)18-9-6-10-19(12-11-18)16(21)14-7-4-5-8-14/h14H,4-13H2,1-3H3. The molecule has 2 aliphatic rings. The molecule has 0 aromatic carbocycles. The molecule has 4 heteroatoms. The van der Waals surface area contributed by atoms with Crippen LogP contribution in [0, 0.1) is 11.3 Å². The maximum Gasteiger partial charge on any atom is 0.225 e. The Balaban J connectivity index is 1.86. The molecule has 0 aromatic rings. The topological polar surface area (TPSA) is 40.6 Å². The first kappa shape index (κ1) is 16.3. The first-order chi connectivity index (χ1) is 9.87. The van der Waals surface area contributed by atoms with E-state index in [0.717, 1.165) is 32.4 Å². The summed E-state index contributed by atoms with van der Waals surface area (Å²) < 4.78 is 0. The van der Waals surface area contributed by atoms with Crippen molar-refractivity contribution in [1.29, 1.82) is 0 Å². The van der Waals surface area contributed by atoms with Gasteiger partial charge in [0.1, 0.15) is 0 Å². The smallest absolute Gasteiger partial charge is 0.225 e. The van der Waals surface area contributed by atoms with Crippen molar-refractivity contribution in [2.45, 2.75) is 59.3 Å². The molecule has 0 spiro atoms. The van der Waals surface area contributed by atoms with Gasteiger partial charge in [-0.1, -0.05) is 33.6 Å². The van der Waals surface area contributed by atoms with Gasteiger partial charge in [-0.25, -0.2) is 0 Å². The minimum Gasteiger partial charge on any atom is -0.341 e. The van der Waals surface area contributed by atoms with E-state index >= 15 is 0 Å². The van der Waals surface area contributed by atoms with Crippen LogP contribution in [-0.4, -0.2) is 47.8 Å². The lowest BCUT2D eigenvalue weighted by molar-refractivity contribution is -0.136. The molecule has 1 saturated heterocycles. The van der Waals surface area contributed by atoms with Gasteiger partial charge < -0.3 is 9.80 Å². The lowest BCUT2D eigenvalue weighted by atomic mass is 9.91. The van der Waals surface area contributed by atoms with Crippen molar-refractivity contribution in [2.24, 2.45) is 11.3 Å². The van der Waals surface area contributed by atoms with Gasteiger partial charge in [-0.15, -0.1) is 0 Å². The zero-order valence-electron chi connectivity index (χ0n) is 13.9. The summed E-state index contributed by atoms with van der Waals surface area (Å²) in [6, 6.07) is 0. The average molecular weight is 294 g/mol. The quantitative estimate of drug-likeness (QED) is 0.785. The maximum absolute atomic E-state index is 12.5. The third kappa shape index (κ3) is 4.72. The Kier molecular flexibility index (Phi) is 5.28. The van der Waals surface area contributed by atoms with Crippen molar-refractivity contribution in [3.63, 3.8) is 0 Å². The number of hydrogen-bond donors (Lipinski definition) is 0. The molecule has 0 N–H and O–H groups in total. The Labute approximate surface area is 128 Å². The third-order valence-corrected chi connectivity index (χ3v) is 4.55. The zero-order valence-corrected chi connectivity index (χ0v) is 13.9. The monoisotopic (exact) mass is 294 g/mol. The fourth-order valence-corrected chi connectivity index (χ4v) is 3.38. The molecule has 0 unspecified atom stereocenters. The minimum atomic E-state index is 0.0305. The summed E-state index contributed by atoms with van der Waals surface area (Å²) in [5, 5.41) is 0. The third-order valence-electron chi connectivity index (χ3n) is 4.55. The van der Waals surface area contributed by atoms with Gasteiger partial charge in [0.05, 0.1) is 0 Å². The Bertz CT molecular complexity index is 381. The molecule has 2 amide bonds. The molecule has 0 atom stereocenters. The molecule has 4 nitrogen and oxygen atoms in total. The van der Waals surface area contributed by atoms with Gasteiger partial charge in [-0.2, -0.15) is 0 Å². The fourth-order valence-electron chi connectivity index (χ4n) is 3.38. The van der Waals surface area contributed by atoms with E-state index in [0.29, 0.717) is 25.4 Å². The molecule has 2 fully saturated rings. The van der Waals surface area contributed by atoms with Gasteiger partial charge in [-0.3, -0.25) is 9.59 Å². The normalized spacial score (nSPS) is 21.5. The first-order valence-electron chi connectivity index (χ1n) is 8.43. The summed E-state index contributed by atoms with van der Waals surface area (Å²) in [6.07, 6.45) is 6.00. The highest BCUT2D eigenvalue weighted by Crippen LogP contribution is 2.27. The Morgan fingerprint density at radius 2 is 1.48 bits per heavy atom. The average Bonchev–Trinajstić information content (AvgIpc) is 2.80. The van der Waals surface area contributed by atoms with E-state index in [2.05, 4.69) is 20.8 Å². The number of amides is 2. The summed E-state index contributed by atoms with van der Waals surface area (Å²) in [6.45, 7) is 9.31. The summed E-state index contributed by atoms with van der Waals surface area (Å²) >= 11 is 0. The molecule has 1 heterocycles. The molecular formula is C17H30N2O2. The van der Waals surface area contributed by atoms with E-state index in [4.69, 9.17) is 0 Å². The van der Waals surface area contributed by atoms with Gasteiger partial charge in [0.25, 0.3) is 0 Å². The molecule has 1 aliphatic heterocycles. The zero-order chi connectivity index (χ0) is 15.5. The van der Waals surface area contributed by atoms with Crippen LogP contribution in [0.3, 0.4) is 0 Å². The van der Waals surface area contributed by atoms with E-state index < -0.39 is 0 Å². The van der Waals surface area contributed by atoms with Gasteiger partial charge in [-0.05, 0) is 24.7 Å². The van der Waals surface area contributed by atoms with Crippen molar-refractivity contribution in [3.8, 4) is 0 Å². The molecule has 2 rings (SSSR count). The molecule has 0 aromatic heterocycles. The van der Waals surface area contributed by atoms with Crippen molar-refractivity contribution in [3.05, 3.63) is 0 Å². The van der Waals surface area contributed by atoms with E-state index in [1.807, 2.05) is 9.80 Å². The summed E-state index contributed by atoms with van der Waals surface area (Å²) in [7, 11) is 0. The van der Waals surface area contributed by atoms with Crippen LogP contribution in [0.25, 0.3) is 0 Å². The van der Waals surface area contributed by atoms with E-state index in [1.165, 1.54) is 12.8 Å². The van der Waals surface area contributed by atoms with Crippen LogP contribution >= 0.6 is 0 Å². The Hall–Kier alpha value is -1.06. The molecule has 1 aliphatic carbocycles. The van der Waals surface area contributed by atoms with E-state index in [1.54, 1.807) is 0 Å². The largest absolute Gasteiger partial charge is 0.341 e. The molecular weight excluding hydrogens is 264 g/mol. The van der Waals surface area contributed by atoms with Crippen molar-refractivity contribution in [1.82, 2.24) is 9.80 Å². The summed E-state index contributed by atoms with van der Waals surface area (Å²) in [5.41, 5.74) is 0.0305. The van der Waals surface area contributed by atoms with Crippen LogP contribution < -0.4 is 0 Å². The number of rotatable bonds is 2. The highest BCUT2D eigenvalue weighted by Gasteiger charge is 2.29. The van der Waals surface area contributed by atoms with Crippen LogP contribution in [0.15, 0.2) is 0 Å². The van der Waals surface area contributed by atoms with Crippen molar-refractivity contribution < 1.29 is 9.59 Å². The lowest BCUT2D eigenvalue weighted by Crippen LogP contribution is -2.40. The SMILES string of the molecule is CC(C)(C)CC(=O)N1CCCN(C(=O)C2CCCC2)CC1. The lowest BCUT2D eigenvalue weighted by Gasteiger charge is -2.26. The molecule has 0 bridgehead atoms. The van der Waals surface area contributed by atoms with Gasteiger partial charge >= 0.3 is 0 Å². The minimum absolute atomic E-state index is 0.0305. The Morgan fingerprint density at radius 3 is 2.10 bits per heavy atom. The highest BCUT2D eigenvalue weighted by molar-refractivity contribution is 5.80. The Morgan fingerprint density at radius 1 is 0.905 bits per heavy atom. The molecule has 1 saturated carbocycles. The fraction of sp³-hybridized carbons (Fsp3) is 0.882. The molecule has 21 heavy (non-hydrogen) atoms. The van der Waals surface area contributed by atoms with Crippen LogP contribution in [0.4, 0.5) is 0 Å². The van der Waals surface area contributed by atoms with E-state index in [9.17, 15) is 9.59 Å². The van der Waals surface area contributed by atoms with Gasteiger partial charge in [0, 0.05) is 38.5 Å². The molecule has 0 radical (unpaired) electrons. The maximum atomic E-state index is 12.5. The number of nitrogens with zero attached hydrogens (tertiary/aromatic N) is 2. The first-order valence-corrected chi connectivity index (χ1v) is 8.43. The second kappa shape index (κ2) is 6.80. The predicted molar refractivity (Wildman–Crippen MR) is 83.8 cm³/mol. The van der Waals surface area contributed by atoms with Crippen LogP contribution in [0.2, 0.25) is 0 Å². The van der Waals surface area contributed by atoms with Crippen molar-refractivity contribution >= 4 is 11.8 Å². The van der Waals surface area contributed by atoms with Crippen LogP contribution in [0.1, 0.15) is 59.3 Å². The predicted octanol–water partition coefficient (Wildman–Crippen LogP) is 2.67. The van der Waals surface area contributed by atoms with E-state index in [-0.39, 0.29) is 17.2 Å². The number of carbonyl (C=O) groups excluding carboxylic acids is 2. The molecule has 120 valence electrons.